The Kier molecular flexibility index (Phi) is 8.19. The van der Waals surface area contributed by atoms with E-state index in [0.29, 0.717) is 22.4 Å². The number of anilines is 1. The Morgan fingerprint density at radius 1 is 1.02 bits per heavy atom. The second kappa shape index (κ2) is 11.6. The third-order valence-electron chi connectivity index (χ3n) is 9.21. The number of rotatable bonds is 7. The van der Waals surface area contributed by atoms with Gasteiger partial charge in [-0.15, -0.1) is 0 Å². The van der Waals surface area contributed by atoms with E-state index >= 15 is 0 Å². The summed E-state index contributed by atoms with van der Waals surface area (Å²) >= 11 is 0. The van der Waals surface area contributed by atoms with Gasteiger partial charge < -0.3 is 26.0 Å². The highest BCUT2D eigenvalue weighted by Gasteiger charge is 2.69. The first-order valence-electron chi connectivity index (χ1n) is 14.4. The van der Waals surface area contributed by atoms with E-state index in [2.05, 4.69) is 10.1 Å². The molecule has 5 N–H and O–H groups in total. The molecule has 0 aromatic heterocycles. The lowest BCUT2D eigenvalue weighted by Gasteiger charge is -2.52. The number of phenolic OH excluding ortho intramolecular Hbond substituents is 1. The van der Waals surface area contributed by atoms with E-state index in [4.69, 9.17) is 5.73 Å². The first kappa shape index (κ1) is 31.7. The first-order chi connectivity index (χ1) is 21.2. The lowest BCUT2D eigenvalue weighted by Crippen LogP contribution is -2.74. The number of aromatic hydroxyl groups is 1. The van der Waals surface area contributed by atoms with Crippen LogP contribution in [-0.4, -0.2) is 88.9 Å². The summed E-state index contributed by atoms with van der Waals surface area (Å²) in [6.45, 7) is 0. The summed E-state index contributed by atoms with van der Waals surface area (Å²) < 4.78 is 4.54. The third kappa shape index (κ3) is 5.11. The summed E-state index contributed by atoms with van der Waals surface area (Å²) in [4.78, 5) is 91.7. The largest absolute Gasteiger partial charge is 0.507 e. The van der Waals surface area contributed by atoms with Gasteiger partial charge in [0.25, 0.3) is 0 Å². The molecule has 2 aromatic carbocycles. The molecule has 0 saturated heterocycles. The second-order valence-corrected chi connectivity index (χ2v) is 12.0. The van der Waals surface area contributed by atoms with Crippen LogP contribution in [0.15, 0.2) is 36.4 Å². The molecule has 13 heteroatoms. The average Bonchev–Trinajstić information content (AvgIpc) is 2.98. The van der Waals surface area contributed by atoms with Gasteiger partial charge in [-0.3, -0.25) is 38.5 Å². The van der Waals surface area contributed by atoms with Crippen molar-refractivity contribution in [2.75, 3.05) is 26.5 Å². The topological polar surface area (TPSA) is 210 Å². The highest BCUT2D eigenvalue weighted by Crippen LogP contribution is 2.51. The molecular formula is C32H33N3O10. The number of ketones is 4. The number of nitrogens with zero attached hydrogens (tertiary/aromatic N) is 1. The van der Waals surface area contributed by atoms with E-state index < -0.39 is 70.3 Å². The van der Waals surface area contributed by atoms with E-state index in [1.54, 1.807) is 30.3 Å². The number of phenols is 1. The van der Waals surface area contributed by atoms with Gasteiger partial charge in [-0.25, -0.2) is 0 Å². The number of hydrogen-bond acceptors (Lipinski definition) is 11. The zero-order chi connectivity index (χ0) is 33.0. The van der Waals surface area contributed by atoms with Gasteiger partial charge in [0.2, 0.25) is 11.8 Å². The summed E-state index contributed by atoms with van der Waals surface area (Å²) in [6.07, 6.45) is -0.0774. The van der Waals surface area contributed by atoms with Crippen LogP contribution in [-0.2, 0) is 39.9 Å². The Hall–Kier alpha value is -4.75. The average molecular weight is 620 g/mol. The maximum absolute atomic E-state index is 14.0. The number of aliphatic hydroxyl groups is 1. The van der Waals surface area contributed by atoms with Gasteiger partial charge in [0.15, 0.2) is 34.7 Å². The predicted molar refractivity (Wildman–Crippen MR) is 157 cm³/mol. The lowest BCUT2D eigenvalue weighted by molar-refractivity contribution is -0.181. The van der Waals surface area contributed by atoms with Gasteiger partial charge in [0.1, 0.15) is 5.75 Å². The molecule has 0 bridgehead atoms. The molecule has 3 aliphatic rings. The number of hydrogen-bond donors (Lipinski definition) is 4. The molecule has 2 fully saturated rings. The molecule has 2 aromatic rings. The van der Waals surface area contributed by atoms with Gasteiger partial charge >= 0.3 is 5.97 Å². The number of benzene rings is 2. The van der Waals surface area contributed by atoms with E-state index in [0.717, 1.165) is 0 Å². The van der Waals surface area contributed by atoms with Crippen molar-refractivity contribution in [3.63, 3.8) is 0 Å². The molecule has 2 saturated carbocycles. The summed E-state index contributed by atoms with van der Waals surface area (Å²) in [5, 5.41) is 25.2. The van der Waals surface area contributed by atoms with Crippen LogP contribution < -0.4 is 11.1 Å². The summed E-state index contributed by atoms with van der Waals surface area (Å²) in [7, 11) is 4.28. The summed E-state index contributed by atoms with van der Waals surface area (Å²) in [6, 6.07) is 8.43. The smallest absolute Gasteiger partial charge is 0.306 e. The van der Waals surface area contributed by atoms with Crippen molar-refractivity contribution in [3.05, 3.63) is 47.5 Å². The number of likely N-dealkylation sites (N-methyl/N-ethyl adjacent to an activating group) is 1. The van der Waals surface area contributed by atoms with Gasteiger partial charge in [-0.1, -0.05) is 18.2 Å². The molecule has 3 aliphatic carbocycles. The SMILES string of the molecule is COC(=O)CCC(=O)Nc1ccc(-c2ccc(O)c3c2CC2CC4C(N(C)C)C(=O)C(C(N)=O)C(=O)C4(O)C(=O)C2C3=O)cc1. The van der Waals surface area contributed by atoms with E-state index in [1.807, 2.05) is 0 Å². The Bertz CT molecular complexity index is 1650. The molecular weight excluding hydrogens is 586 g/mol. The number of primary amides is 1. The van der Waals surface area contributed by atoms with Gasteiger partial charge in [-0.2, -0.15) is 0 Å². The molecule has 0 heterocycles. The number of ether oxygens (including phenoxy) is 1. The van der Waals surface area contributed by atoms with Crippen molar-refractivity contribution < 1.29 is 48.5 Å². The number of fused-ring (bicyclic) bond motifs is 3. The monoisotopic (exact) mass is 619 g/mol. The molecule has 2 amide bonds. The van der Waals surface area contributed by atoms with Crippen LogP contribution in [0.1, 0.15) is 35.2 Å². The number of esters is 1. The van der Waals surface area contributed by atoms with Crippen LogP contribution in [0.4, 0.5) is 5.69 Å². The molecule has 0 spiro atoms. The van der Waals surface area contributed by atoms with Crippen LogP contribution in [0.25, 0.3) is 11.1 Å². The van der Waals surface area contributed by atoms with E-state index in [1.165, 1.54) is 32.2 Å². The Morgan fingerprint density at radius 2 is 1.69 bits per heavy atom. The molecule has 0 radical (unpaired) electrons. The van der Waals surface area contributed by atoms with Crippen LogP contribution in [0, 0.1) is 23.7 Å². The predicted octanol–water partition coefficient (Wildman–Crippen LogP) is 0.426. The summed E-state index contributed by atoms with van der Waals surface area (Å²) in [5.74, 6) is -12.0. The van der Waals surface area contributed by atoms with Crippen molar-refractivity contribution in [3.8, 4) is 16.9 Å². The van der Waals surface area contributed by atoms with Crippen LogP contribution >= 0.6 is 0 Å². The lowest BCUT2D eigenvalue weighted by atomic mass is 9.52. The maximum Gasteiger partial charge on any atom is 0.306 e. The third-order valence-corrected chi connectivity index (χ3v) is 9.21. The highest BCUT2D eigenvalue weighted by atomic mass is 16.5. The fraction of sp³-hybridized carbons (Fsp3) is 0.406. The maximum atomic E-state index is 14.0. The van der Waals surface area contributed by atoms with Gasteiger partial charge in [-0.05, 0) is 67.7 Å². The van der Waals surface area contributed by atoms with Crippen molar-refractivity contribution >= 4 is 46.6 Å². The van der Waals surface area contributed by atoms with E-state index in [9.17, 15) is 43.8 Å². The minimum Gasteiger partial charge on any atom is -0.507 e. The van der Waals surface area contributed by atoms with Crippen LogP contribution in [0.5, 0.6) is 5.75 Å². The Balaban J connectivity index is 1.49. The number of carbonyl (C=O) groups excluding carboxylic acids is 7. The number of methoxy groups -OCH3 is 1. The normalized spacial score (nSPS) is 27.4. The van der Waals surface area contributed by atoms with Gasteiger partial charge in [0, 0.05) is 18.0 Å². The zero-order valence-corrected chi connectivity index (χ0v) is 24.9. The minimum absolute atomic E-state index is 0.0600. The summed E-state index contributed by atoms with van der Waals surface area (Å²) in [5.41, 5.74) is 4.60. The fourth-order valence-electron chi connectivity index (χ4n) is 7.15. The van der Waals surface area contributed by atoms with Crippen molar-refractivity contribution in [1.82, 2.24) is 4.90 Å². The standard InChI is InChI=1S/C32H33N3O10/c1-35(2)26-19-13-15-12-18-17(14-4-6-16(7-5-14)34-21(37)10-11-22(38)45-3)8-9-20(36)24(18)27(39)23(15)29(41)32(19,44)30(42)25(28(26)40)31(33)43/h4-9,15,19,23,25-26,36,44H,10-13H2,1-3H3,(H2,33,43)(H,34,37). The molecule has 6 unspecified atom stereocenters. The number of Topliss-reactive ketones (excluding diaryl/α,β-unsaturated/α-hetero) is 4. The number of amides is 2. The molecule has 45 heavy (non-hydrogen) atoms. The molecule has 236 valence electrons. The zero-order valence-electron chi connectivity index (χ0n) is 24.9. The minimum atomic E-state index is -2.79. The van der Waals surface area contributed by atoms with Gasteiger partial charge in [0.05, 0.1) is 31.1 Å². The molecule has 6 atom stereocenters. The van der Waals surface area contributed by atoms with Crippen molar-refractivity contribution in [1.29, 1.82) is 0 Å². The van der Waals surface area contributed by atoms with Crippen molar-refractivity contribution in [2.24, 2.45) is 29.4 Å². The van der Waals surface area contributed by atoms with E-state index in [-0.39, 0.29) is 42.9 Å². The van der Waals surface area contributed by atoms with Crippen LogP contribution in [0.2, 0.25) is 0 Å². The molecule has 0 aliphatic heterocycles. The Morgan fingerprint density at radius 3 is 2.29 bits per heavy atom. The quantitative estimate of drug-likeness (QED) is 0.246. The first-order valence-corrected chi connectivity index (χ1v) is 14.4. The number of nitrogens with one attached hydrogen (secondary N) is 1. The number of carbonyl (C=O) groups is 7. The van der Waals surface area contributed by atoms with Crippen LogP contribution in [0.3, 0.4) is 0 Å². The second-order valence-electron chi connectivity index (χ2n) is 12.0. The molecule has 5 rings (SSSR count). The number of nitrogens with two attached hydrogens (primary N) is 1. The molecule has 13 nitrogen and oxygen atoms in total. The highest BCUT2D eigenvalue weighted by molar-refractivity contribution is 6.32. The fourth-order valence-corrected chi connectivity index (χ4v) is 7.15. The van der Waals surface area contributed by atoms with Crippen molar-refractivity contribution in [2.45, 2.75) is 37.3 Å². The Labute approximate surface area is 257 Å².